The molecule has 5 heteroatoms. The summed E-state index contributed by atoms with van der Waals surface area (Å²) in [5, 5.41) is 0. The lowest BCUT2D eigenvalue weighted by Crippen LogP contribution is -2.42. The normalized spacial score (nSPS) is 21.8. The van der Waals surface area contributed by atoms with Crippen LogP contribution < -0.4 is 9.80 Å². The zero-order valence-corrected chi connectivity index (χ0v) is 19.1. The molecule has 2 unspecified atom stereocenters. The standard InChI is InChI=1S/C26H31N3O2/c1-17-9-11-20(12-10-17)23-24(28-15-18(2)13-19(3)16-28)26(31)29(25(23)30)22-8-6-7-21(14-22)27(4)5/h6-12,14,18-19H,13,15-16H2,1-5H3. The van der Waals surface area contributed by atoms with Gasteiger partial charge in [-0.2, -0.15) is 0 Å². The van der Waals surface area contributed by atoms with Gasteiger partial charge >= 0.3 is 0 Å². The SMILES string of the molecule is Cc1ccc(C2=C(N3CC(C)CC(C)C3)C(=O)N(c3cccc(N(C)C)c3)C2=O)cc1. The Hall–Kier alpha value is -3.08. The van der Waals surface area contributed by atoms with Crippen molar-refractivity contribution in [3.8, 4) is 0 Å². The van der Waals surface area contributed by atoms with Gasteiger partial charge in [0.05, 0.1) is 11.3 Å². The summed E-state index contributed by atoms with van der Waals surface area (Å²) in [5.41, 5.74) is 4.54. The third kappa shape index (κ3) is 3.97. The van der Waals surface area contributed by atoms with E-state index in [2.05, 4.69) is 18.7 Å². The number of benzene rings is 2. The Morgan fingerprint density at radius 1 is 0.903 bits per heavy atom. The minimum Gasteiger partial charge on any atom is -0.378 e. The number of anilines is 2. The van der Waals surface area contributed by atoms with Gasteiger partial charge in [-0.25, -0.2) is 4.90 Å². The lowest BCUT2D eigenvalue weighted by atomic mass is 9.91. The van der Waals surface area contributed by atoms with E-state index in [4.69, 9.17) is 0 Å². The molecule has 2 atom stereocenters. The van der Waals surface area contributed by atoms with Crippen LogP contribution in [0, 0.1) is 18.8 Å². The van der Waals surface area contributed by atoms with Gasteiger partial charge in [-0.05, 0) is 48.9 Å². The fraction of sp³-hybridized carbons (Fsp3) is 0.385. The maximum absolute atomic E-state index is 13.8. The zero-order valence-electron chi connectivity index (χ0n) is 19.1. The van der Waals surface area contributed by atoms with Gasteiger partial charge in [-0.1, -0.05) is 49.7 Å². The Balaban J connectivity index is 1.82. The van der Waals surface area contributed by atoms with Crippen LogP contribution in [-0.2, 0) is 9.59 Å². The van der Waals surface area contributed by atoms with Crippen LogP contribution in [0.3, 0.4) is 0 Å². The second-order valence-electron chi connectivity index (χ2n) is 9.30. The minimum atomic E-state index is -0.245. The number of carbonyl (C=O) groups is 2. The molecule has 1 saturated heterocycles. The van der Waals surface area contributed by atoms with Crippen LogP contribution in [0.1, 0.15) is 31.4 Å². The lowest BCUT2D eigenvalue weighted by Gasteiger charge is -2.37. The molecule has 2 aromatic carbocycles. The van der Waals surface area contributed by atoms with Gasteiger partial charge < -0.3 is 9.80 Å². The van der Waals surface area contributed by atoms with Crippen LogP contribution in [0.2, 0.25) is 0 Å². The number of hydrogen-bond donors (Lipinski definition) is 0. The van der Waals surface area contributed by atoms with Crippen molar-refractivity contribution in [2.24, 2.45) is 11.8 Å². The summed E-state index contributed by atoms with van der Waals surface area (Å²) < 4.78 is 0. The molecular formula is C26H31N3O2. The van der Waals surface area contributed by atoms with Crippen LogP contribution in [0.5, 0.6) is 0 Å². The molecule has 1 fully saturated rings. The molecule has 4 rings (SSSR count). The number of imide groups is 1. The maximum atomic E-state index is 13.8. The van der Waals surface area contributed by atoms with Gasteiger partial charge in [0.1, 0.15) is 5.70 Å². The van der Waals surface area contributed by atoms with Gasteiger partial charge in [0, 0.05) is 32.9 Å². The van der Waals surface area contributed by atoms with Crippen molar-refractivity contribution in [2.45, 2.75) is 27.2 Å². The first-order valence-corrected chi connectivity index (χ1v) is 11.0. The minimum absolute atomic E-state index is 0.224. The van der Waals surface area contributed by atoms with E-state index >= 15 is 0 Å². The molecule has 0 aliphatic carbocycles. The van der Waals surface area contributed by atoms with E-state index < -0.39 is 0 Å². The molecule has 0 bridgehead atoms. The van der Waals surface area contributed by atoms with Crippen molar-refractivity contribution in [1.82, 2.24) is 4.90 Å². The van der Waals surface area contributed by atoms with Crippen molar-refractivity contribution in [1.29, 1.82) is 0 Å². The van der Waals surface area contributed by atoms with Crippen molar-refractivity contribution < 1.29 is 9.59 Å². The van der Waals surface area contributed by atoms with Gasteiger partial charge in [-0.3, -0.25) is 9.59 Å². The number of hydrogen-bond acceptors (Lipinski definition) is 4. The molecular weight excluding hydrogens is 386 g/mol. The summed E-state index contributed by atoms with van der Waals surface area (Å²) in [7, 11) is 3.90. The first kappa shape index (κ1) is 21.2. The average Bonchev–Trinajstić information content (AvgIpc) is 2.98. The first-order valence-electron chi connectivity index (χ1n) is 11.0. The zero-order chi connectivity index (χ0) is 22.3. The molecule has 31 heavy (non-hydrogen) atoms. The summed E-state index contributed by atoms with van der Waals surface area (Å²) >= 11 is 0. The predicted octanol–water partition coefficient (Wildman–Crippen LogP) is 4.32. The molecule has 2 aliphatic rings. The van der Waals surface area contributed by atoms with E-state index in [0.29, 0.717) is 28.8 Å². The number of aryl methyl sites for hydroxylation is 1. The topological polar surface area (TPSA) is 43.9 Å². The maximum Gasteiger partial charge on any atom is 0.282 e. The lowest BCUT2D eigenvalue weighted by molar-refractivity contribution is -0.120. The largest absolute Gasteiger partial charge is 0.378 e. The van der Waals surface area contributed by atoms with E-state index in [1.807, 2.05) is 74.4 Å². The molecule has 5 nitrogen and oxygen atoms in total. The Morgan fingerprint density at radius 3 is 2.16 bits per heavy atom. The molecule has 0 radical (unpaired) electrons. The molecule has 0 aromatic heterocycles. The molecule has 2 aromatic rings. The van der Waals surface area contributed by atoms with Gasteiger partial charge in [0.25, 0.3) is 11.8 Å². The molecule has 0 spiro atoms. The fourth-order valence-corrected chi connectivity index (χ4v) is 4.78. The third-order valence-electron chi connectivity index (χ3n) is 6.19. The van der Waals surface area contributed by atoms with Crippen LogP contribution in [0.25, 0.3) is 5.57 Å². The van der Waals surface area contributed by atoms with Crippen molar-refractivity contribution in [3.63, 3.8) is 0 Å². The highest BCUT2D eigenvalue weighted by molar-refractivity contribution is 6.45. The highest BCUT2D eigenvalue weighted by atomic mass is 16.2. The quantitative estimate of drug-likeness (QED) is 0.695. The molecule has 2 amide bonds. The van der Waals surface area contributed by atoms with E-state index in [9.17, 15) is 9.59 Å². The smallest absolute Gasteiger partial charge is 0.282 e. The second kappa shape index (κ2) is 8.22. The number of nitrogens with zero attached hydrogens (tertiary/aromatic N) is 3. The number of carbonyl (C=O) groups excluding carboxylic acids is 2. The van der Waals surface area contributed by atoms with Gasteiger partial charge in [-0.15, -0.1) is 0 Å². The second-order valence-corrected chi connectivity index (χ2v) is 9.30. The third-order valence-corrected chi connectivity index (χ3v) is 6.19. The first-order chi connectivity index (χ1) is 14.8. The summed E-state index contributed by atoms with van der Waals surface area (Å²) in [4.78, 5) is 32.9. The molecule has 2 aliphatic heterocycles. The Labute approximate surface area is 184 Å². The van der Waals surface area contributed by atoms with E-state index in [1.54, 1.807) is 0 Å². The number of piperidine rings is 1. The number of amides is 2. The molecule has 0 N–H and O–H groups in total. The predicted molar refractivity (Wildman–Crippen MR) is 126 cm³/mol. The van der Waals surface area contributed by atoms with Crippen LogP contribution >= 0.6 is 0 Å². The molecule has 2 heterocycles. The number of likely N-dealkylation sites (tertiary alicyclic amines) is 1. The highest BCUT2D eigenvalue weighted by Gasteiger charge is 2.43. The summed E-state index contributed by atoms with van der Waals surface area (Å²) in [6, 6.07) is 15.5. The highest BCUT2D eigenvalue weighted by Crippen LogP contribution is 2.38. The van der Waals surface area contributed by atoms with E-state index in [-0.39, 0.29) is 11.8 Å². The Bertz CT molecular complexity index is 1030. The molecule has 0 saturated carbocycles. The Morgan fingerprint density at radius 2 is 1.55 bits per heavy atom. The summed E-state index contributed by atoms with van der Waals surface area (Å²) in [5.74, 6) is 0.484. The number of rotatable bonds is 4. The monoisotopic (exact) mass is 417 g/mol. The fourth-order valence-electron chi connectivity index (χ4n) is 4.78. The van der Waals surface area contributed by atoms with E-state index in [1.165, 1.54) is 4.90 Å². The van der Waals surface area contributed by atoms with Crippen LogP contribution in [-0.4, -0.2) is 43.9 Å². The summed E-state index contributed by atoms with van der Waals surface area (Å²) in [6.07, 6.45) is 1.14. The average molecular weight is 418 g/mol. The van der Waals surface area contributed by atoms with Gasteiger partial charge in [0.2, 0.25) is 0 Å². The molecule has 162 valence electrons. The van der Waals surface area contributed by atoms with Gasteiger partial charge in [0.15, 0.2) is 0 Å². The van der Waals surface area contributed by atoms with Crippen LogP contribution in [0.15, 0.2) is 54.2 Å². The van der Waals surface area contributed by atoms with Crippen molar-refractivity contribution in [2.75, 3.05) is 37.0 Å². The van der Waals surface area contributed by atoms with Crippen molar-refractivity contribution >= 4 is 28.8 Å². The summed E-state index contributed by atoms with van der Waals surface area (Å²) in [6.45, 7) is 8.04. The van der Waals surface area contributed by atoms with Crippen molar-refractivity contribution in [3.05, 3.63) is 65.4 Å². The van der Waals surface area contributed by atoms with E-state index in [0.717, 1.165) is 36.3 Å². The van der Waals surface area contributed by atoms with Crippen LogP contribution in [0.4, 0.5) is 11.4 Å². The Kier molecular flexibility index (Phi) is 5.61.